The third-order valence-corrected chi connectivity index (χ3v) is 3.59. The van der Waals surface area contributed by atoms with Crippen LogP contribution in [0.3, 0.4) is 0 Å². The zero-order valence-electron chi connectivity index (χ0n) is 11.2. The Labute approximate surface area is 118 Å². The Kier molecular flexibility index (Phi) is 4.96. The molecule has 1 saturated carbocycles. The molecule has 6 heteroatoms. The Morgan fingerprint density at radius 3 is 2.79 bits per heavy atom. The Bertz CT molecular complexity index is 422. The number of ether oxygens (including phenoxy) is 1. The second-order valence-corrected chi connectivity index (χ2v) is 5.45. The average Bonchev–Trinajstić information content (AvgIpc) is 2.37. The lowest BCUT2D eigenvalue weighted by Crippen LogP contribution is -2.39. The Morgan fingerprint density at radius 2 is 2.11 bits per heavy atom. The summed E-state index contributed by atoms with van der Waals surface area (Å²) in [5, 5.41) is 13.9. The minimum absolute atomic E-state index is 0.319. The van der Waals surface area contributed by atoms with Crippen LogP contribution in [0.25, 0.3) is 0 Å². The minimum atomic E-state index is -0.628. The van der Waals surface area contributed by atoms with Crippen LogP contribution >= 0.6 is 11.6 Å². The van der Waals surface area contributed by atoms with E-state index in [1.54, 1.807) is 13.2 Å². The summed E-state index contributed by atoms with van der Waals surface area (Å²) in [6.07, 6.45) is 5.04. The van der Waals surface area contributed by atoms with Gasteiger partial charge in [-0.2, -0.15) is 0 Å². The van der Waals surface area contributed by atoms with E-state index in [0.717, 1.165) is 25.7 Å². The molecule has 0 bridgehead atoms. The molecule has 0 amide bonds. The first-order valence-electron chi connectivity index (χ1n) is 6.60. The zero-order valence-corrected chi connectivity index (χ0v) is 11.9. The van der Waals surface area contributed by atoms with Crippen molar-refractivity contribution < 1.29 is 9.84 Å². The fourth-order valence-corrected chi connectivity index (χ4v) is 2.59. The van der Waals surface area contributed by atoms with Gasteiger partial charge < -0.3 is 15.2 Å². The summed E-state index contributed by atoms with van der Waals surface area (Å²) >= 11 is 5.93. The lowest BCUT2D eigenvalue weighted by atomic mass is 9.85. The van der Waals surface area contributed by atoms with Crippen LogP contribution in [-0.2, 0) is 11.3 Å². The molecular weight excluding hydrogens is 266 g/mol. The first kappa shape index (κ1) is 14.5. The fraction of sp³-hybridized carbons (Fsp3) is 0.692. The number of rotatable bonds is 5. The summed E-state index contributed by atoms with van der Waals surface area (Å²) in [6.45, 7) is 0.812. The van der Waals surface area contributed by atoms with E-state index in [4.69, 9.17) is 16.3 Å². The van der Waals surface area contributed by atoms with Crippen molar-refractivity contribution in [1.82, 2.24) is 9.97 Å². The van der Waals surface area contributed by atoms with Crippen LogP contribution in [0.15, 0.2) is 6.07 Å². The molecule has 1 aliphatic rings. The molecule has 19 heavy (non-hydrogen) atoms. The van der Waals surface area contributed by atoms with E-state index in [1.165, 1.54) is 6.42 Å². The molecule has 1 aromatic rings. The molecule has 0 aliphatic heterocycles. The van der Waals surface area contributed by atoms with Crippen molar-refractivity contribution >= 4 is 17.4 Å². The minimum Gasteiger partial charge on any atom is -0.388 e. The van der Waals surface area contributed by atoms with Crippen LogP contribution < -0.4 is 5.32 Å². The van der Waals surface area contributed by atoms with Gasteiger partial charge in [-0.25, -0.2) is 9.97 Å². The predicted octanol–water partition coefficient (Wildman–Crippen LogP) is 2.38. The number of nitrogens with zero attached hydrogens (tertiary/aromatic N) is 2. The second kappa shape index (κ2) is 6.50. The van der Waals surface area contributed by atoms with Gasteiger partial charge in [0.1, 0.15) is 17.6 Å². The van der Waals surface area contributed by atoms with Crippen LogP contribution in [0.5, 0.6) is 0 Å². The standard InChI is InChI=1S/C13H20ClN3O2/c1-19-8-12-16-10(14)7-11(17-12)15-9-13(18)5-3-2-4-6-13/h7,18H,2-6,8-9H2,1H3,(H,15,16,17). The molecule has 0 unspecified atom stereocenters. The molecule has 0 spiro atoms. The van der Waals surface area contributed by atoms with Crippen molar-refractivity contribution in [3.8, 4) is 0 Å². The molecule has 106 valence electrons. The van der Waals surface area contributed by atoms with Crippen LogP contribution in [0.1, 0.15) is 37.9 Å². The molecule has 1 aromatic heterocycles. The monoisotopic (exact) mass is 285 g/mol. The smallest absolute Gasteiger partial charge is 0.158 e. The van der Waals surface area contributed by atoms with Gasteiger partial charge in [-0.3, -0.25) is 0 Å². The van der Waals surface area contributed by atoms with E-state index in [9.17, 15) is 5.11 Å². The molecule has 1 fully saturated rings. The third-order valence-electron chi connectivity index (χ3n) is 3.40. The van der Waals surface area contributed by atoms with E-state index < -0.39 is 5.60 Å². The van der Waals surface area contributed by atoms with Gasteiger partial charge >= 0.3 is 0 Å². The van der Waals surface area contributed by atoms with Crippen molar-refractivity contribution in [1.29, 1.82) is 0 Å². The molecule has 2 N–H and O–H groups in total. The van der Waals surface area contributed by atoms with Gasteiger partial charge in [0, 0.05) is 19.7 Å². The number of aromatic nitrogens is 2. The normalized spacial score (nSPS) is 18.3. The molecule has 1 heterocycles. The lowest BCUT2D eigenvalue weighted by Gasteiger charge is -2.32. The second-order valence-electron chi connectivity index (χ2n) is 5.06. The highest BCUT2D eigenvalue weighted by molar-refractivity contribution is 6.29. The Hall–Kier alpha value is -0.910. The Morgan fingerprint density at radius 1 is 1.37 bits per heavy atom. The van der Waals surface area contributed by atoms with Gasteiger partial charge in [0.05, 0.1) is 5.60 Å². The van der Waals surface area contributed by atoms with Crippen molar-refractivity contribution in [2.24, 2.45) is 0 Å². The van der Waals surface area contributed by atoms with Crippen LogP contribution in [0.4, 0.5) is 5.82 Å². The molecule has 0 atom stereocenters. The predicted molar refractivity (Wildman–Crippen MR) is 74.3 cm³/mol. The first-order valence-corrected chi connectivity index (χ1v) is 6.98. The first-order chi connectivity index (χ1) is 9.11. The summed E-state index contributed by atoms with van der Waals surface area (Å²) in [5.74, 6) is 1.17. The molecular formula is C13H20ClN3O2. The van der Waals surface area contributed by atoms with Gasteiger partial charge in [0.2, 0.25) is 0 Å². The Balaban J connectivity index is 1.98. The molecule has 2 rings (SSSR count). The number of hydrogen-bond acceptors (Lipinski definition) is 5. The maximum absolute atomic E-state index is 10.4. The lowest BCUT2D eigenvalue weighted by molar-refractivity contribution is 0.0166. The van der Waals surface area contributed by atoms with E-state index >= 15 is 0 Å². The molecule has 5 nitrogen and oxygen atoms in total. The summed E-state index contributed by atoms with van der Waals surface area (Å²) in [7, 11) is 1.59. The number of halogens is 1. The van der Waals surface area contributed by atoms with E-state index in [-0.39, 0.29) is 0 Å². The number of aliphatic hydroxyl groups is 1. The van der Waals surface area contributed by atoms with Gasteiger partial charge in [-0.1, -0.05) is 30.9 Å². The molecule has 0 saturated heterocycles. The highest BCUT2D eigenvalue weighted by Gasteiger charge is 2.28. The van der Waals surface area contributed by atoms with E-state index in [2.05, 4.69) is 15.3 Å². The summed E-state index contributed by atoms with van der Waals surface area (Å²) in [5.41, 5.74) is -0.628. The summed E-state index contributed by atoms with van der Waals surface area (Å²) in [6, 6.07) is 1.66. The van der Waals surface area contributed by atoms with Gasteiger partial charge in [0.15, 0.2) is 5.82 Å². The molecule has 0 radical (unpaired) electrons. The maximum atomic E-state index is 10.4. The average molecular weight is 286 g/mol. The quantitative estimate of drug-likeness (QED) is 0.813. The van der Waals surface area contributed by atoms with Crippen LogP contribution in [0.2, 0.25) is 5.15 Å². The topological polar surface area (TPSA) is 67.3 Å². The third kappa shape index (κ3) is 4.30. The largest absolute Gasteiger partial charge is 0.388 e. The summed E-state index contributed by atoms with van der Waals surface area (Å²) in [4.78, 5) is 8.36. The van der Waals surface area contributed by atoms with Gasteiger partial charge in [-0.05, 0) is 12.8 Å². The van der Waals surface area contributed by atoms with E-state index in [0.29, 0.717) is 29.9 Å². The SMILES string of the molecule is COCc1nc(Cl)cc(NCC2(O)CCCCC2)n1. The molecule has 1 aliphatic carbocycles. The van der Waals surface area contributed by atoms with Crippen LogP contribution in [0, 0.1) is 0 Å². The van der Waals surface area contributed by atoms with Gasteiger partial charge in [0.25, 0.3) is 0 Å². The van der Waals surface area contributed by atoms with Crippen molar-refractivity contribution in [3.05, 3.63) is 17.0 Å². The van der Waals surface area contributed by atoms with E-state index in [1.807, 2.05) is 0 Å². The number of anilines is 1. The van der Waals surface area contributed by atoms with Crippen molar-refractivity contribution in [3.63, 3.8) is 0 Å². The van der Waals surface area contributed by atoms with Crippen LogP contribution in [-0.4, -0.2) is 34.3 Å². The number of nitrogens with one attached hydrogen (secondary N) is 1. The number of methoxy groups -OCH3 is 1. The highest BCUT2D eigenvalue weighted by Crippen LogP contribution is 2.28. The van der Waals surface area contributed by atoms with Gasteiger partial charge in [-0.15, -0.1) is 0 Å². The maximum Gasteiger partial charge on any atom is 0.158 e. The molecule has 0 aromatic carbocycles. The van der Waals surface area contributed by atoms with Crippen molar-refractivity contribution in [2.45, 2.75) is 44.3 Å². The number of hydrogen-bond donors (Lipinski definition) is 2. The fourth-order valence-electron chi connectivity index (χ4n) is 2.39. The van der Waals surface area contributed by atoms with Crippen molar-refractivity contribution in [2.75, 3.05) is 19.0 Å². The zero-order chi connectivity index (χ0) is 13.7. The summed E-state index contributed by atoms with van der Waals surface area (Å²) < 4.78 is 4.99. The highest BCUT2D eigenvalue weighted by atomic mass is 35.5.